The van der Waals surface area contributed by atoms with Crippen molar-refractivity contribution in [2.45, 2.75) is 11.3 Å². The molecule has 0 unspecified atom stereocenters. The van der Waals surface area contributed by atoms with Crippen molar-refractivity contribution >= 4 is 29.0 Å². The van der Waals surface area contributed by atoms with Crippen LogP contribution in [-0.4, -0.2) is 18.7 Å². The fourth-order valence-corrected chi connectivity index (χ4v) is 3.23. The second kappa shape index (κ2) is 5.21. The molecule has 1 amide bonds. The predicted octanol–water partition coefficient (Wildman–Crippen LogP) is 3.19. The molecule has 0 saturated carbocycles. The van der Waals surface area contributed by atoms with E-state index in [0.29, 0.717) is 6.54 Å². The Morgan fingerprint density at radius 3 is 2.80 bits per heavy atom. The van der Waals surface area contributed by atoms with E-state index >= 15 is 0 Å². The molecule has 1 heterocycles. The molecule has 0 bridgehead atoms. The monoisotopic (exact) mass is 284 g/mol. The molecule has 20 heavy (non-hydrogen) atoms. The Bertz CT molecular complexity index is 669. The van der Waals surface area contributed by atoms with E-state index in [4.69, 9.17) is 5.73 Å². The van der Waals surface area contributed by atoms with E-state index in [1.807, 2.05) is 53.6 Å². The standard InChI is InChI=1S/C16H16N2OS/c1-20-15-8-3-2-5-12(15)16(19)18-10-9-11-13(17)6-4-7-14(11)18/h2-8H,9-10,17H2,1H3. The molecule has 0 aromatic heterocycles. The summed E-state index contributed by atoms with van der Waals surface area (Å²) in [7, 11) is 0. The molecule has 1 aliphatic rings. The average Bonchev–Trinajstić information content (AvgIpc) is 2.92. The van der Waals surface area contributed by atoms with E-state index < -0.39 is 0 Å². The number of fused-ring (bicyclic) bond motifs is 1. The Balaban J connectivity index is 2.00. The van der Waals surface area contributed by atoms with Crippen LogP contribution in [0.3, 0.4) is 0 Å². The molecule has 2 aromatic carbocycles. The Morgan fingerprint density at radius 2 is 2.00 bits per heavy atom. The van der Waals surface area contributed by atoms with Crippen molar-refractivity contribution in [1.82, 2.24) is 0 Å². The summed E-state index contributed by atoms with van der Waals surface area (Å²) < 4.78 is 0. The minimum atomic E-state index is 0.0549. The maximum atomic E-state index is 12.8. The van der Waals surface area contributed by atoms with Gasteiger partial charge in [0.15, 0.2) is 0 Å². The van der Waals surface area contributed by atoms with E-state index in [9.17, 15) is 4.79 Å². The van der Waals surface area contributed by atoms with Gasteiger partial charge in [-0.15, -0.1) is 11.8 Å². The second-order valence-corrected chi connectivity index (χ2v) is 5.60. The number of nitrogen functional groups attached to an aromatic ring is 1. The lowest BCUT2D eigenvalue weighted by Crippen LogP contribution is -2.29. The summed E-state index contributed by atoms with van der Waals surface area (Å²) in [6.45, 7) is 0.699. The molecular weight excluding hydrogens is 268 g/mol. The van der Waals surface area contributed by atoms with E-state index in [2.05, 4.69) is 0 Å². The first-order valence-electron chi connectivity index (χ1n) is 6.54. The van der Waals surface area contributed by atoms with Crippen LogP contribution in [0.25, 0.3) is 0 Å². The molecule has 102 valence electrons. The Labute approximate surface area is 122 Å². The predicted molar refractivity (Wildman–Crippen MR) is 84.5 cm³/mol. The summed E-state index contributed by atoms with van der Waals surface area (Å²) in [5, 5.41) is 0. The smallest absolute Gasteiger partial charge is 0.259 e. The van der Waals surface area contributed by atoms with E-state index in [1.165, 1.54) is 0 Å². The van der Waals surface area contributed by atoms with Crippen LogP contribution < -0.4 is 10.6 Å². The lowest BCUT2D eigenvalue weighted by molar-refractivity contribution is 0.0986. The maximum absolute atomic E-state index is 12.8. The number of hydrogen-bond donors (Lipinski definition) is 1. The van der Waals surface area contributed by atoms with Gasteiger partial charge in [0.05, 0.1) is 5.56 Å². The summed E-state index contributed by atoms with van der Waals surface area (Å²) in [6.07, 6.45) is 2.82. The highest BCUT2D eigenvalue weighted by Gasteiger charge is 2.27. The molecule has 1 aliphatic heterocycles. The van der Waals surface area contributed by atoms with Gasteiger partial charge < -0.3 is 10.6 Å². The number of amides is 1. The van der Waals surface area contributed by atoms with Gasteiger partial charge in [0, 0.05) is 28.4 Å². The van der Waals surface area contributed by atoms with Crippen molar-refractivity contribution in [2.24, 2.45) is 0 Å². The lowest BCUT2D eigenvalue weighted by atomic mass is 10.1. The lowest BCUT2D eigenvalue weighted by Gasteiger charge is -2.19. The number of hydrogen-bond acceptors (Lipinski definition) is 3. The van der Waals surface area contributed by atoms with Gasteiger partial charge in [-0.05, 0) is 36.9 Å². The second-order valence-electron chi connectivity index (χ2n) is 4.75. The van der Waals surface area contributed by atoms with Gasteiger partial charge >= 0.3 is 0 Å². The number of anilines is 2. The van der Waals surface area contributed by atoms with E-state index in [0.717, 1.165) is 33.8 Å². The molecular formula is C16H16N2OS. The fourth-order valence-electron chi connectivity index (χ4n) is 2.64. The highest BCUT2D eigenvalue weighted by molar-refractivity contribution is 7.98. The maximum Gasteiger partial charge on any atom is 0.259 e. The van der Waals surface area contributed by atoms with E-state index in [-0.39, 0.29) is 5.91 Å². The summed E-state index contributed by atoms with van der Waals surface area (Å²) in [6, 6.07) is 13.5. The molecule has 3 rings (SSSR count). The zero-order valence-electron chi connectivity index (χ0n) is 11.3. The van der Waals surface area contributed by atoms with Gasteiger partial charge in [-0.3, -0.25) is 4.79 Å². The van der Waals surface area contributed by atoms with Crippen LogP contribution >= 0.6 is 11.8 Å². The number of nitrogens with zero attached hydrogens (tertiary/aromatic N) is 1. The third kappa shape index (κ3) is 2.06. The Kier molecular flexibility index (Phi) is 3.40. The SMILES string of the molecule is CSc1ccccc1C(=O)N1CCc2c(N)cccc21. The minimum Gasteiger partial charge on any atom is -0.398 e. The number of thioether (sulfide) groups is 1. The molecule has 3 nitrogen and oxygen atoms in total. The molecule has 0 atom stereocenters. The molecule has 0 fully saturated rings. The highest BCUT2D eigenvalue weighted by atomic mass is 32.2. The number of rotatable bonds is 2. The van der Waals surface area contributed by atoms with Gasteiger partial charge in [0.2, 0.25) is 0 Å². The topological polar surface area (TPSA) is 46.3 Å². The molecule has 0 spiro atoms. The van der Waals surface area contributed by atoms with Crippen molar-refractivity contribution in [3.05, 3.63) is 53.6 Å². The first-order valence-corrected chi connectivity index (χ1v) is 7.77. The van der Waals surface area contributed by atoms with Crippen molar-refractivity contribution in [2.75, 3.05) is 23.4 Å². The number of carbonyl (C=O) groups is 1. The van der Waals surface area contributed by atoms with Gasteiger partial charge in [-0.25, -0.2) is 0 Å². The van der Waals surface area contributed by atoms with Crippen molar-refractivity contribution < 1.29 is 4.79 Å². The minimum absolute atomic E-state index is 0.0549. The van der Waals surface area contributed by atoms with Crippen LogP contribution in [0, 0.1) is 0 Å². The summed E-state index contributed by atoms with van der Waals surface area (Å²) in [5.74, 6) is 0.0549. The van der Waals surface area contributed by atoms with Crippen molar-refractivity contribution in [1.29, 1.82) is 0 Å². The van der Waals surface area contributed by atoms with Crippen molar-refractivity contribution in [3.8, 4) is 0 Å². The number of carbonyl (C=O) groups excluding carboxylic acids is 1. The summed E-state index contributed by atoms with van der Waals surface area (Å²) in [4.78, 5) is 15.6. The molecule has 0 aliphatic carbocycles. The molecule has 2 aromatic rings. The summed E-state index contributed by atoms with van der Waals surface area (Å²) in [5.41, 5.74) is 9.56. The first-order chi connectivity index (χ1) is 9.72. The number of nitrogens with two attached hydrogens (primary N) is 1. The first kappa shape index (κ1) is 13.1. The van der Waals surface area contributed by atoms with Gasteiger partial charge in [-0.1, -0.05) is 18.2 Å². The number of benzene rings is 2. The molecule has 2 N–H and O–H groups in total. The largest absolute Gasteiger partial charge is 0.398 e. The van der Waals surface area contributed by atoms with Crippen LogP contribution in [0.1, 0.15) is 15.9 Å². The van der Waals surface area contributed by atoms with Gasteiger partial charge in [0.1, 0.15) is 0 Å². The fraction of sp³-hybridized carbons (Fsp3) is 0.188. The van der Waals surface area contributed by atoms with Crippen molar-refractivity contribution in [3.63, 3.8) is 0 Å². The Hall–Kier alpha value is -1.94. The van der Waals surface area contributed by atoms with Crippen LogP contribution in [-0.2, 0) is 6.42 Å². The third-order valence-electron chi connectivity index (χ3n) is 3.65. The van der Waals surface area contributed by atoms with Crippen LogP contribution in [0.15, 0.2) is 47.4 Å². The zero-order valence-corrected chi connectivity index (χ0v) is 12.1. The molecule has 4 heteroatoms. The average molecular weight is 284 g/mol. The van der Waals surface area contributed by atoms with Gasteiger partial charge in [-0.2, -0.15) is 0 Å². The summed E-state index contributed by atoms with van der Waals surface area (Å²) >= 11 is 1.59. The van der Waals surface area contributed by atoms with Crippen LogP contribution in [0.4, 0.5) is 11.4 Å². The quantitative estimate of drug-likeness (QED) is 0.680. The third-order valence-corrected chi connectivity index (χ3v) is 4.44. The normalized spacial score (nSPS) is 13.3. The van der Waals surface area contributed by atoms with Crippen LogP contribution in [0.2, 0.25) is 0 Å². The van der Waals surface area contributed by atoms with Gasteiger partial charge in [0.25, 0.3) is 5.91 Å². The molecule has 0 radical (unpaired) electrons. The van der Waals surface area contributed by atoms with E-state index in [1.54, 1.807) is 11.8 Å². The zero-order chi connectivity index (χ0) is 14.1. The highest BCUT2D eigenvalue weighted by Crippen LogP contribution is 2.34. The van der Waals surface area contributed by atoms with Crippen LogP contribution in [0.5, 0.6) is 0 Å². The Morgan fingerprint density at radius 1 is 1.20 bits per heavy atom. The molecule has 0 saturated heterocycles.